The van der Waals surface area contributed by atoms with E-state index in [1.807, 2.05) is 13.0 Å². The first-order chi connectivity index (χ1) is 6.69. The van der Waals surface area contributed by atoms with Crippen LogP contribution in [0.3, 0.4) is 0 Å². The molecule has 76 valence electrons. The molecule has 2 heterocycles. The summed E-state index contributed by atoms with van der Waals surface area (Å²) in [5.74, 6) is 1.25. The van der Waals surface area contributed by atoms with Crippen LogP contribution in [0, 0.1) is 0 Å². The third-order valence-electron chi connectivity index (χ3n) is 2.38. The largest absolute Gasteiger partial charge is 0.368 e. The minimum absolute atomic E-state index is 0.274. The van der Waals surface area contributed by atoms with Gasteiger partial charge in [0.15, 0.2) is 0 Å². The van der Waals surface area contributed by atoms with Crippen LogP contribution in [0.2, 0.25) is 0 Å². The molecule has 2 rings (SSSR count). The summed E-state index contributed by atoms with van der Waals surface area (Å²) in [6.07, 6.45) is 0.875. The van der Waals surface area contributed by atoms with Gasteiger partial charge in [0.25, 0.3) is 0 Å². The molecule has 0 unspecified atom stereocenters. The first kappa shape index (κ1) is 9.21. The van der Waals surface area contributed by atoms with E-state index in [9.17, 15) is 0 Å². The van der Waals surface area contributed by atoms with Crippen molar-refractivity contribution in [3.05, 3.63) is 11.8 Å². The van der Waals surface area contributed by atoms with Crippen LogP contribution in [0.25, 0.3) is 0 Å². The summed E-state index contributed by atoms with van der Waals surface area (Å²) in [4.78, 5) is 10.4. The van der Waals surface area contributed by atoms with Gasteiger partial charge in [0.05, 0.1) is 0 Å². The number of hydrogen-bond acceptors (Lipinski definition) is 5. The van der Waals surface area contributed by atoms with E-state index in [-0.39, 0.29) is 6.04 Å². The Kier molecular flexibility index (Phi) is 2.25. The molecule has 0 saturated carbocycles. The summed E-state index contributed by atoms with van der Waals surface area (Å²) in [5.41, 5.74) is 12.3. The van der Waals surface area contributed by atoms with Crippen molar-refractivity contribution < 1.29 is 0 Å². The van der Waals surface area contributed by atoms with Gasteiger partial charge >= 0.3 is 0 Å². The van der Waals surface area contributed by atoms with Crippen LogP contribution in [0.1, 0.15) is 12.6 Å². The Labute approximate surface area is 83.1 Å². The van der Waals surface area contributed by atoms with Gasteiger partial charge in [-0.25, -0.2) is 4.98 Å². The Morgan fingerprint density at radius 2 is 2.21 bits per heavy atom. The van der Waals surface area contributed by atoms with Crippen molar-refractivity contribution in [2.24, 2.45) is 5.73 Å². The molecule has 1 aromatic heterocycles. The third kappa shape index (κ3) is 1.63. The first-order valence-electron chi connectivity index (χ1n) is 4.83. The Bertz CT molecular complexity index is 332. The van der Waals surface area contributed by atoms with Gasteiger partial charge in [-0.15, -0.1) is 0 Å². The smallest absolute Gasteiger partial charge is 0.222 e. The van der Waals surface area contributed by atoms with Crippen molar-refractivity contribution in [3.63, 3.8) is 0 Å². The molecule has 1 fully saturated rings. The maximum atomic E-state index is 5.70. The second-order valence-electron chi connectivity index (χ2n) is 3.59. The van der Waals surface area contributed by atoms with E-state index in [2.05, 4.69) is 14.9 Å². The number of rotatable bonds is 2. The molecule has 0 spiro atoms. The van der Waals surface area contributed by atoms with Crippen molar-refractivity contribution >= 4 is 11.8 Å². The zero-order chi connectivity index (χ0) is 10.1. The number of nitrogens with two attached hydrogens (primary N) is 2. The zero-order valence-corrected chi connectivity index (χ0v) is 8.27. The maximum Gasteiger partial charge on any atom is 0.222 e. The standard InChI is InChI=1S/C9H15N5/c1-2-7-3-8(13-9(11)12-7)14-4-6(10)5-14/h3,6H,2,4-5,10H2,1H3,(H2,11,12,13). The van der Waals surface area contributed by atoms with Crippen molar-refractivity contribution in [2.75, 3.05) is 23.7 Å². The quantitative estimate of drug-likeness (QED) is 0.678. The first-order valence-corrected chi connectivity index (χ1v) is 4.83. The molecule has 0 bridgehead atoms. The van der Waals surface area contributed by atoms with E-state index in [1.54, 1.807) is 0 Å². The molecular formula is C9H15N5. The fourth-order valence-corrected chi connectivity index (χ4v) is 1.55. The molecule has 5 nitrogen and oxygen atoms in total. The predicted molar refractivity (Wildman–Crippen MR) is 56.0 cm³/mol. The number of nitrogens with zero attached hydrogens (tertiary/aromatic N) is 3. The number of nitrogen functional groups attached to an aromatic ring is 1. The molecule has 0 aliphatic carbocycles. The topological polar surface area (TPSA) is 81.1 Å². The molecule has 1 aromatic rings. The average molecular weight is 193 g/mol. The van der Waals surface area contributed by atoms with Gasteiger partial charge in [0.2, 0.25) is 5.95 Å². The Morgan fingerprint density at radius 3 is 2.79 bits per heavy atom. The Morgan fingerprint density at radius 1 is 1.50 bits per heavy atom. The molecule has 4 N–H and O–H groups in total. The summed E-state index contributed by atoms with van der Waals surface area (Å²) < 4.78 is 0. The minimum Gasteiger partial charge on any atom is -0.368 e. The summed E-state index contributed by atoms with van der Waals surface area (Å²) in [5, 5.41) is 0. The van der Waals surface area contributed by atoms with E-state index < -0.39 is 0 Å². The van der Waals surface area contributed by atoms with Crippen molar-refractivity contribution in [1.82, 2.24) is 9.97 Å². The Balaban J connectivity index is 2.21. The fraction of sp³-hybridized carbons (Fsp3) is 0.556. The summed E-state index contributed by atoms with van der Waals surface area (Å²) >= 11 is 0. The summed E-state index contributed by atoms with van der Waals surface area (Å²) in [6, 6.07) is 2.25. The lowest BCUT2D eigenvalue weighted by atomic mass is 10.1. The lowest BCUT2D eigenvalue weighted by Gasteiger charge is -2.37. The molecule has 0 amide bonds. The Hall–Kier alpha value is -1.36. The molecule has 0 radical (unpaired) electrons. The highest BCUT2D eigenvalue weighted by Gasteiger charge is 2.24. The van der Waals surface area contributed by atoms with Crippen LogP contribution >= 0.6 is 0 Å². The van der Waals surface area contributed by atoms with E-state index in [1.165, 1.54) is 0 Å². The molecule has 5 heteroatoms. The number of aromatic nitrogens is 2. The van der Waals surface area contributed by atoms with Crippen LogP contribution in [0.4, 0.5) is 11.8 Å². The fourth-order valence-electron chi connectivity index (χ4n) is 1.55. The van der Waals surface area contributed by atoms with Gasteiger partial charge in [-0.1, -0.05) is 6.92 Å². The SMILES string of the molecule is CCc1cc(N2CC(N)C2)nc(N)n1. The van der Waals surface area contributed by atoms with Gasteiger partial charge in [0.1, 0.15) is 5.82 Å². The molecule has 1 aliphatic heterocycles. The van der Waals surface area contributed by atoms with Gasteiger partial charge in [-0.2, -0.15) is 4.98 Å². The van der Waals surface area contributed by atoms with E-state index in [4.69, 9.17) is 11.5 Å². The number of aryl methyl sites for hydroxylation is 1. The van der Waals surface area contributed by atoms with Gasteiger partial charge < -0.3 is 16.4 Å². The predicted octanol–water partition coefficient (Wildman–Crippen LogP) is -0.231. The van der Waals surface area contributed by atoms with Crippen LogP contribution in [-0.4, -0.2) is 29.1 Å². The summed E-state index contributed by atoms with van der Waals surface area (Å²) in [7, 11) is 0. The van der Waals surface area contributed by atoms with Gasteiger partial charge in [-0.3, -0.25) is 0 Å². The van der Waals surface area contributed by atoms with Crippen LogP contribution in [-0.2, 0) is 6.42 Å². The van der Waals surface area contributed by atoms with E-state index in [0.717, 1.165) is 31.0 Å². The van der Waals surface area contributed by atoms with Crippen molar-refractivity contribution in [1.29, 1.82) is 0 Å². The van der Waals surface area contributed by atoms with Crippen LogP contribution < -0.4 is 16.4 Å². The molecule has 0 aromatic carbocycles. The number of hydrogen-bond donors (Lipinski definition) is 2. The zero-order valence-electron chi connectivity index (χ0n) is 8.27. The van der Waals surface area contributed by atoms with Crippen molar-refractivity contribution in [2.45, 2.75) is 19.4 Å². The molecule has 1 aliphatic rings. The number of anilines is 2. The van der Waals surface area contributed by atoms with Crippen molar-refractivity contribution in [3.8, 4) is 0 Å². The van der Waals surface area contributed by atoms with E-state index in [0.29, 0.717) is 5.95 Å². The van der Waals surface area contributed by atoms with Crippen LogP contribution in [0.5, 0.6) is 0 Å². The lowest BCUT2D eigenvalue weighted by molar-refractivity contribution is 0.514. The minimum atomic E-state index is 0.274. The lowest BCUT2D eigenvalue weighted by Crippen LogP contribution is -2.56. The normalized spacial score (nSPS) is 16.9. The maximum absolute atomic E-state index is 5.70. The molecule has 14 heavy (non-hydrogen) atoms. The highest BCUT2D eigenvalue weighted by atomic mass is 15.3. The average Bonchev–Trinajstić information content (AvgIpc) is 2.12. The second kappa shape index (κ2) is 3.42. The van der Waals surface area contributed by atoms with Gasteiger partial charge in [-0.05, 0) is 6.42 Å². The molecular weight excluding hydrogens is 178 g/mol. The third-order valence-corrected chi connectivity index (χ3v) is 2.38. The summed E-state index contributed by atoms with van der Waals surface area (Å²) in [6.45, 7) is 3.77. The monoisotopic (exact) mass is 193 g/mol. The molecule has 0 atom stereocenters. The molecule has 1 saturated heterocycles. The second-order valence-corrected chi connectivity index (χ2v) is 3.59. The highest BCUT2D eigenvalue weighted by molar-refractivity contribution is 5.46. The van der Waals surface area contributed by atoms with Crippen LogP contribution in [0.15, 0.2) is 6.07 Å². The highest BCUT2D eigenvalue weighted by Crippen LogP contribution is 2.19. The van der Waals surface area contributed by atoms with E-state index >= 15 is 0 Å². The van der Waals surface area contributed by atoms with Gasteiger partial charge in [0, 0.05) is 30.9 Å².